The first-order valence-electron chi connectivity index (χ1n) is 7.03. The Hall–Kier alpha value is -1.70. The van der Waals surface area contributed by atoms with Crippen LogP contribution in [0.15, 0.2) is 18.2 Å². The van der Waals surface area contributed by atoms with Gasteiger partial charge >= 0.3 is 0 Å². The highest BCUT2D eigenvalue weighted by Crippen LogP contribution is 2.21. The molecular formula is C14H21N3O4. The molecule has 116 valence electrons. The Bertz CT molecular complexity index is 489. The van der Waals surface area contributed by atoms with Crippen molar-refractivity contribution in [2.45, 2.75) is 13.0 Å². The molecule has 1 aromatic carbocycles. The van der Waals surface area contributed by atoms with Crippen molar-refractivity contribution in [1.29, 1.82) is 0 Å². The van der Waals surface area contributed by atoms with Crippen molar-refractivity contribution < 1.29 is 14.8 Å². The molecule has 7 nitrogen and oxygen atoms in total. The lowest BCUT2D eigenvalue weighted by molar-refractivity contribution is -0.384. The minimum atomic E-state index is -0.488. The van der Waals surface area contributed by atoms with E-state index in [1.165, 1.54) is 12.1 Å². The first kappa shape index (κ1) is 15.7. The molecule has 0 spiro atoms. The Labute approximate surface area is 123 Å². The number of rotatable bonds is 6. The van der Waals surface area contributed by atoms with Crippen molar-refractivity contribution in [1.82, 2.24) is 4.90 Å². The molecule has 0 radical (unpaired) electrons. The van der Waals surface area contributed by atoms with Crippen molar-refractivity contribution >= 4 is 11.4 Å². The number of ether oxygens (including phenoxy) is 1. The molecule has 1 saturated heterocycles. The molecule has 0 saturated carbocycles. The van der Waals surface area contributed by atoms with Gasteiger partial charge in [-0.2, -0.15) is 0 Å². The number of nitrogens with zero attached hydrogens (tertiary/aromatic N) is 2. The van der Waals surface area contributed by atoms with Crippen LogP contribution in [0.25, 0.3) is 0 Å². The minimum absolute atomic E-state index is 0.0758. The lowest BCUT2D eigenvalue weighted by Crippen LogP contribution is -2.42. The zero-order chi connectivity index (χ0) is 15.2. The van der Waals surface area contributed by atoms with Crippen LogP contribution in [0, 0.1) is 17.0 Å². The molecule has 2 N–H and O–H groups in total. The van der Waals surface area contributed by atoms with Crippen molar-refractivity contribution in [3.05, 3.63) is 33.9 Å². The highest BCUT2D eigenvalue weighted by molar-refractivity contribution is 5.55. The van der Waals surface area contributed by atoms with Crippen LogP contribution in [0.2, 0.25) is 0 Å². The van der Waals surface area contributed by atoms with E-state index >= 15 is 0 Å². The van der Waals surface area contributed by atoms with E-state index in [1.54, 1.807) is 6.07 Å². The zero-order valence-electron chi connectivity index (χ0n) is 12.1. The number of nitro benzene ring substituents is 1. The van der Waals surface area contributed by atoms with Gasteiger partial charge in [-0.3, -0.25) is 15.0 Å². The number of β-amino-alcohol motifs (C(OH)–C–C–N with tert-alkyl or cyclic N) is 1. The van der Waals surface area contributed by atoms with Crippen LogP contribution in [0.1, 0.15) is 5.56 Å². The highest BCUT2D eigenvalue weighted by atomic mass is 16.6. The SMILES string of the molecule is Cc1cc([N+](=O)[O-])ccc1NCC(O)CN1CCOCC1. The lowest BCUT2D eigenvalue weighted by atomic mass is 10.1. The van der Waals surface area contributed by atoms with Crippen LogP contribution in [0.3, 0.4) is 0 Å². The molecule has 1 aliphatic heterocycles. The van der Waals surface area contributed by atoms with E-state index in [9.17, 15) is 15.2 Å². The van der Waals surface area contributed by atoms with E-state index in [0.717, 1.165) is 24.3 Å². The molecule has 1 heterocycles. The maximum Gasteiger partial charge on any atom is 0.269 e. The van der Waals surface area contributed by atoms with Crippen LogP contribution < -0.4 is 5.32 Å². The number of aryl methyl sites for hydroxylation is 1. The van der Waals surface area contributed by atoms with Crippen LogP contribution >= 0.6 is 0 Å². The second kappa shape index (κ2) is 7.35. The number of hydrogen-bond donors (Lipinski definition) is 2. The second-order valence-corrected chi connectivity index (χ2v) is 5.20. The van der Waals surface area contributed by atoms with Gasteiger partial charge in [-0.15, -0.1) is 0 Å². The summed E-state index contributed by atoms with van der Waals surface area (Å²) >= 11 is 0. The monoisotopic (exact) mass is 295 g/mol. The molecule has 21 heavy (non-hydrogen) atoms. The van der Waals surface area contributed by atoms with Crippen LogP contribution in [-0.4, -0.2) is 60.4 Å². The van der Waals surface area contributed by atoms with E-state index in [-0.39, 0.29) is 5.69 Å². The number of hydrogen-bond acceptors (Lipinski definition) is 6. The molecule has 0 aromatic heterocycles. The van der Waals surface area contributed by atoms with Crippen LogP contribution in [0.4, 0.5) is 11.4 Å². The van der Waals surface area contributed by atoms with E-state index in [1.807, 2.05) is 6.92 Å². The van der Waals surface area contributed by atoms with Gasteiger partial charge in [0.1, 0.15) is 0 Å². The first-order chi connectivity index (χ1) is 10.1. The summed E-state index contributed by atoms with van der Waals surface area (Å²) in [7, 11) is 0. The van der Waals surface area contributed by atoms with Crippen LogP contribution in [0.5, 0.6) is 0 Å². The number of anilines is 1. The topological polar surface area (TPSA) is 87.9 Å². The fourth-order valence-corrected chi connectivity index (χ4v) is 2.33. The molecule has 1 unspecified atom stereocenters. The van der Waals surface area contributed by atoms with E-state index in [0.29, 0.717) is 26.3 Å². The lowest BCUT2D eigenvalue weighted by Gasteiger charge is -2.28. The summed E-state index contributed by atoms with van der Waals surface area (Å²) in [5.74, 6) is 0. The minimum Gasteiger partial charge on any atom is -0.390 e. The van der Waals surface area contributed by atoms with Gasteiger partial charge in [-0.05, 0) is 18.6 Å². The standard InChI is InChI=1S/C14H21N3O4/c1-11-8-12(17(19)20)2-3-14(11)15-9-13(18)10-16-4-6-21-7-5-16/h2-3,8,13,15,18H,4-7,9-10H2,1H3. The average Bonchev–Trinajstić information content (AvgIpc) is 2.47. The Morgan fingerprint density at radius 3 is 2.81 bits per heavy atom. The summed E-state index contributed by atoms with van der Waals surface area (Å²) in [4.78, 5) is 12.4. The third-order valence-electron chi connectivity index (χ3n) is 3.52. The number of aliphatic hydroxyl groups is 1. The summed E-state index contributed by atoms with van der Waals surface area (Å²) in [6, 6.07) is 4.66. The summed E-state index contributed by atoms with van der Waals surface area (Å²) in [5, 5.41) is 23.9. The largest absolute Gasteiger partial charge is 0.390 e. The molecule has 1 aliphatic rings. The van der Waals surface area contributed by atoms with Gasteiger partial charge in [0, 0.05) is 44.0 Å². The van der Waals surface area contributed by atoms with Gasteiger partial charge in [0.05, 0.1) is 24.2 Å². The smallest absolute Gasteiger partial charge is 0.269 e. The number of nitrogens with one attached hydrogen (secondary N) is 1. The van der Waals surface area contributed by atoms with E-state index in [2.05, 4.69) is 10.2 Å². The maximum atomic E-state index is 10.7. The van der Waals surface area contributed by atoms with Gasteiger partial charge in [0.25, 0.3) is 5.69 Å². The predicted octanol–water partition coefficient (Wildman–Crippen LogP) is 1.01. The molecule has 7 heteroatoms. The number of aliphatic hydroxyl groups excluding tert-OH is 1. The Kier molecular flexibility index (Phi) is 5.49. The third kappa shape index (κ3) is 4.66. The van der Waals surface area contributed by atoms with Gasteiger partial charge in [-0.1, -0.05) is 0 Å². The second-order valence-electron chi connectivity index (χ2n) is 5.20. The van der Waals surface area contributed by atoms with E-state index in [4.69, 9.17) is 4.74 Å². The molecule has 1 fully saturated rings. The fraction of sp³-hybridized carbons (Fsp3) is 0.571. The quantitative estimate of drug-likeness (QED) is 0.601. The van der Waals surface area contributed by atoms with Crippen molar-refractivity contribution in [3.8, 4) is 0 Å². The number of benzene rings is 1. The maximum absolute atomic E-state index is 10.7. The molecule has 0 aliphatic carbocycles. The molecule has 2 rings (SSSR count). The highest BCUT2D eigenvalue weighted by Gasteiger charge is 2.15. The number of nitro groups is 1. The Morgan fingerprint density at radius 1 is 1.48 bits per heavy atom. The van der Waals surface area contributed by atoms with E-state index < -0.39 is 11.0 Å². The van der Waals surface area contributed by atoms with Crippen molar-refractivity contribution in [2.75, 3.05) is 44.7 Å². The Morgan fingerprint density at radius 2 is 2.19 bits per heavy atom. The molecular weight excluding hydrogens is 274 g/mol. The molecule has 1 aromatic rings. The summed E-state index contributed by atoms with van der Waals surface area (Å²) in [6.07, 6.45) is -0.488. The summed E-state index contributed by atoms with van der Waals surface area (Å²) in [6.45, 7) is 5.92. The average molecular weight is 295 g/mol. The third-order valence-corrected chi connectivity index (χ3v) is 3.52. The summed E-state index contributed by atoms with van der Waals surface area (Å²) < 4.78 is 5.26. The fourth-order valence-electron chi connectivity index (χ4n) is 2.33. The normalized spacial score (nSPS) is 17.4. The number of non-ortho nitro benzene ring substituents is 1. The molecule has 0 bridgehead atoms. The Balaban J connectivity index is 1.83. The van der Waals surface area contributed by atoms with Gasteiger partial charge in [0.15, 0.2) is 0 Å². The van der Waals surface area contributed by atoms with Gasteiger partial charge in [-0.25, -0.2) is 0 Å². The first-order valence-corrected chi connectivity index (χ1v) is 7.03. The number of morpholine rings is 1. The van der Waals surface area contributed by atoms with Crippen LogP contribution in [-0.2, 0) is 4.74 Å². The van der Waals surface area contributed by atoms with Gasteiger partial charge in [0.2, 0.25) is 0 Å². The molecule has 0 amide bonds. The van der Waals surface area contributed by atoms with Crippen molar-refractivity contribution in [3.63, 3.8) is 0 Å². The zero-order valence-corrected chi connectivity index (χ0v) is 12.1. The summed E-state index contributed by atoms with van der Waals surface area (Å²) in [5.41, 5.74) is 1.68. The van der Waals surface area contributed by atoms with Crippen molar-refractivity contribution in [2.24, 2.45) is 0 Å². The predicted molar refractivity (Wildman–Crippen MR) is 79.6 cm³/mol. The van der Waals surface area contributed by atoms with Gasteiger partial charge < -0.3 is 15.2 Å². The molecule has 1 atom stereocenters.